The number of rotatable bonds is 5. The van der Waals surface area contributed by atoms with E-state index < -0.39 is 0 Å². The molecule has 1 aliphatic heterocycles. The van der Waals surface area contributed by atoms with E-state index in [1.807, 2.05) is 24.1 Å². The zero-order valence-corrected chi connectivity index (χ0v) is 12.3. The number of aliphatic hydroxyl groups excluding tert-OH is 1. The van der Waals surface area contributed by atoms with Gasteiger partial charge in [-0.2, -0.15) is 5.10 Å². The van der Waals surface area contributed by atoms with Crippen molar-refractivity contribution >= 4 is 5.91 Å². The third kappa shape index (κ3) is 4.05. The normalized spacial score (nSPS) is 19.9. The van der Waals surface area contributed by atoms with Crippen molar-refractivity contribution in [3.63, 3.8) is 0 Å². The highest BCUT2D eigenvalue weighted by atomic mass is 16.3. The molecule has 0 bridgehead atoms. The van der Waals surface area contributed by atoms with E-state index in [1.54, 1.807) is 17.8 Å². The number of β-amino-alcohol motifs (C(OH)–C–C–N with tert-alkyl or cyclic N) is 1. The van der Waals surface area contributed by atoms with Gasteiger partial charge in [-0.15, -0.1) is 0 Å². The fraction of sp³-hybridized carbons (Fsp3) is 0.714. The largest absolute Gasteiger partial charge is 0.392 e. The molecule has 0 saturated carbocycles. The van der Waals surface area contributed by atoms with Crippen LogP contribution in [0.4, 0.5) is 0 Å². The molecule has 1 fully saturated rings. The molecule has 1 aliphatic rings. The van der Waals surface area contributed by atoms with Gasteiger partial charge in [0, 0.05) is 45.1 Å². The van der Waals surface area contributed by atoms with Gasteiger partial charge in [-0.1, -0.05) is 6.92 Å². The molecule has 0 aromatic carbocycles. The first-order valence-electron chi connectivity index (χ1n) is 7.23. The molecule has 1 aromatic rings. The lowest BCUT2D eigenvalue weighted by Gasteiger charge is -2.36. The number of nitrogens with zero attached hydrogens (tertiary/aromatic N) is 4. The number of aliphatic hydroxyl groups is 1. The van der Waals surface area contributed by atoms with Gasteiger partial charge in [0.25, 0.3) is 0 Å². The summed E-state index contributed by atoms with van der Waals surface area (Å²) < 4.78 is 1.80. The number of carbonyl (C=O) groups excluding carboxylic acids is 1. The molecule has 20 heavy (non-hydrogen) atoms. The highest BCUT2D eigenvalue weighted by molar-refractivity contribution is 5.78. The van der Waals surface area contributed by atoms with Gasteiger partial charge in [-0.05, 0) is 13.0 Å². The Morgan fingerprint density at radius 3 is 2.50 bits per heavy atom. The maximum absolute atomic E-state index is 12.4. The van der Waals surface area contributed by atoms with E-state index in [1.165, 1.54) is 0 Å². The predicted octanol–water partition coefficient (Wildman–Crippen LogP) is 0.0442. The number of amides is 1. The van der Waals surface area contributed by atoms with E-state index in [-0.39, 0.29) is 17.9 Å². The van der Waals surface area contributed by atoms with Gasteiger partial charge in [-0.3, -0.25) is 14.4 Å². The summed E-state index contributed by atoms with van der Waals surface area (Å²) in [6, 6.07) is 1.87. The molecule has 6 nitrogen and oxygen atoms in total. The molecule has 0 aliphatic carbocycles. The average molecular weight is 280 g/mol. The van der Waals surface area contributed by atoms with Crippen LogP contribution in [0.25, 0.3) is 0 Å². The van der Waals surface area contributed by atoms with Crippen LogP contribution in [0, 0.1) is 5.92 Å². The summed E-state index contributed by atoms with van der Waals surface area (Å²) in [6.45, 7) is 8.22. The third-order valence-electron chi connectivity index (χ3n) is 3.65. The van der Waals surface area contributed by atoms with Crippen LogP contribution in [-0.2, 0) is 11.3 Å². The summed E-state index contributed by atoms with van der Waals surface area (Å²) >= 11 is 0. The maximum atomic E-state index is 12.4. The topological polar surface area (TPSA) is 61.6 Å². The van der Waals surface area contributed by atoms with Crippen LogP contribution in [0.3, 0.4) is 0 Å². The lowest BCUT2D eigenvalue weighted by atomic mass is 10.1. The van der Waals surface area contributed by atoms with Crippen molar-refractivity contribution in [2.24, 2.45) is 5.92 Å². The smallest absolute Gasteiger partial charge is 0.227 e. The Kier molecular flexibility index (Phi) is 5.14. The Hall–Kier alpha value is -1.40. The van der Waals surface area contributed by atoms with Crippen LogP contribution in [0.2, 0.25) is 0 Å². The van der Waals surface area contributed by atoms with Gasteiger partial charge < -0.3 is 10.0 Å². The summed E-state index contributed by atoms with van der Waals surface area (Å²) in [5, 5.41) is 13.5. The van der Waals surface area contributed by atoms with Crippen molar-refractivity contribution in [3.8, 4) is 0 Å². The van der Waals surface area contributed by atoms with E-state index >= 15 is 0 Å². The Bertz CT molecular complexity index is 411. The molecule has 0 spiro atoms. The van der Waals surface area contributed by atoms with Gasteiger partial charge in [0.1, 0.15) is 0 Å². The van der Waals surface area contributed by atoms with Crippen LogP contribution in [0.1, 0.15) is 13.8 Å². The monoisotopic (exact) mass is 280 g/mol. The number of piperazine rings is 1. The van der Waals surface area contributed by atoms with Gasteiger partial charge in [0.15, 0.2) is 0 Å². The summed E-state index contributed by atoms with van der Waals surface area (Å²) in [6.07, 6.45) is 3.30. The van der Waals surface area contributed by atoms with E-state index in [9.17, 15) is 9.90 Å². The molecule has 2 rings (SSSR count). The van der Waals surface area contributed by atoms with Crippen molar-refractivity contribution < 1.29 is 9.90 Å². The molecule has 6 heteroatoms. The first kappa shape index (κ1) is 15.0. The molecule has 1 aromatic heterocycles. The molecular weight excluding hydrogens is 256 g/mol. The molecule has 0 unspecified atom stereocenters. The third-order valence-corrected chi connectivity index (χ3v) is 3.65. The lowest BCUT2D eigenvalue weighted by molar-refractivity contribution is -0.137. The summed E-state index contributed by atoms with van der Waals surface area (Å²) in [7, 11) is 0. The highest BCUT2D eigenvalue weighted by Crippen LogP contribution is 2.09. The van der Waals surface area contributed by atoms with E-state index in [0.29, 0.717) is 13.1 Å². The number of hydrogen-bond acceptors (Lipinski definition) is 4. The van der Waals surface area contributed by atoms with E-state index in [0.717, 1.165) is 26.2 Å². The van der Waals surface area contributed by atoms with Crippen molar-refractivity contribution in [3.05, 3.63) is 18.5 Å². The Morgan fingerprint density at radius 2 is 1.95 bits per heavy atom. The van der Waals surface area contributed by atoms with Gasteiger partial charge in [-0.25, -0.2) is 0 Å². The molecule has 0 radical (unpaired) electrons. The Balaban J connectivity index is 1.79. The van der Waals surface area contributed by atoms with Gasteiger partial charge in [0.05, 0.1) is 18.6 Å². The first-order chi connectivity index (χ1) is 9.56. The van der Waals surface area contributed by atoms with E-state index in [4.69, 9.17) is 0 Å². The highest BCUT2D eigenvalue weighted by Gasteiger charge is 2.25. The molecule has 1 N–H and O–H groups in total. The molecule has 2 heterocycles. The van der Waals surface area contributed by atoms with Crippen LogP contribution >= 0.6 is 0 Å². The second-order valence-corrected chi connectivity index (χ2v) is 5.60. The molecular formula is C14H24N4O2. The Labute approximate surface area is 120 Å². The van der Waals surface area contributed by atoms with Gasteiger partial charge >= 0.3 is 0 Å². The van der Waals surface area contributed by atoms with Crippen LogP contribution in [-0.4, -0.2) is 69.4 Å². The fourth-order valence-corrected chi connectivity index (χ4v) is 2.60. The quantitative estimate of drug-likeness (QED) is 0.827. The standard InChI is InChI=1S/C14H24N4O2/c1-12(10-18-5-3-4-15-18)14(20)17-8-6-16(7-9-17)11-13(2)19/h3-5,12-13,19H,6-11H2,1-2H3/t12-,13-/m0/s1. The van der Waals surface area contributed by atoms with Crippen molar-refractivity contribution in [2.45, 2.75) is 26.5 Å². The zero-order valence-electron chi connectivity index (χ0n) is 12.3. The minimum absolute atomic E-state index is 0.0572. The second kappa shape index (κ2) is 6.85. The predicted molar refractivity (Wildman–Crippen MR) is 76.1 cm³/mol. The number of hydrogen-bond donors (Lipinski definition) is 1. The van der Waals surface area contributed by atoms with Crippen LogP contribution in [0.5, 0.6) is 0 Å². The van der Waals surface area contributed by atoms with Crippen LogP contribution < -0.4 is 0 Å². The van der Waals surface area contributed by atoms with E-state index in [2.05, 4.69) is 10.00 Å². The minimum Gasteiger partial charge on any atom is -0.392 e. The first-order valence-corrected chi connectivity index (χ1v) is 7.23. The Morgan fingerprint density at radius 1 is 1.25 bits per heavy atom. The lowest BCUT2D eigenvalue weighted by Crippen LogP contribution is -2.51. The fourth-order valence-electron chi connectivity index (χ4n) is 2.60. The number of carbonyl (C=O) groups is 1. The van der Waals surface area contributed by atoms with Crippen molar-refractivity contribution in [1.29, 1.82) is 0 Å². The maximum Gasteiger partial charge on any atom is 0.227 e. The second-order valence-electron chi connectivity index (χ2n) is 5.60. The van der Waals surface area contributed by atoms with Crippen molar-refractivity contribution in [2.75, 3.05) is 32.7 Å². The molecule has 1 amide bonds. The van der Waals surface area contributed by atoms with Gasteiger partial charge in [0.2, 0.25) is 5.91 Å². The van der Waals surface area contributed by atoms with Crippen molar-refractivity contribution in [1.82, 2.24) is 19.6 Å². The zero-order chi connectivity index (χ0) is 14.5. The van der Waals surface area contributed by atoms with Crippen LogP contribution in [0.15, 0.2) is 18.5 Å². The molecule has 2 atom stereocenters. The molecule has 112 valence electrons. The summed E-state index contributed by atoms with van der Waals surface area (Å²) in [5.74, 6) is 0.135. The summed E-state index contributed by atoms with van der Waals surface area (Å²) in [4.78, 5) is 16.5. The SMILES string of the molecule is C[C@H](O)CN1CCN(C(=O)[C@@H](C)Cn2cccn2)CC1. The summed E-state index contributed by atoms with van der Waals surface area (Å²) in [5.41, 5.74) is 0. The molecule has 1 saturated heterocycles. The number of aromatic nitrogens is 2. The average Bonchev–Trinajstić information content (AvgIpc) is 2.91. The minimum atomic E-state index is -0.309.